The van der Waals surface area contributed by atoms with Crippen LogP contribution in [0, 0.1) is 5.92 Å². The molecule has 2 aromatic rings. The van der Waals surface area contributed by atoms with Gasteiger partial charge in [-0.05, 0) is 37.0 Å². The molecule has 1 aliphatic heterocycles. The molecule has 0 saturated heterocycles. The maximum atomic E-state index is 13.4. The van der Waals surface area contributed by atoms with E-state index < -0.39 is 0 Å². The molecule has 4 nitrogen and oxygen atoms in total. The van der Waals surface area contributed by atoms with Crippen LogP contribution in [0.5, 0.6) is 0 Å². The van der Waals surface area contributed by atoms with Gasteiger partial charge in [0, 0.05) is 12.6 Å². The Labute approximate surface area is 168 Å². The number of halogens is 1. The standard InChI is InChI=1S/C22H23BrN2O2/c23-15-21(26)25-18-12-6-9-17(18)22(27)24(19-10-4-5-11-20(19)25)14-13-16-7-2-1-3-8-16/h1-5,7-8,10-11,17-18H,6,9,12-15H2/t17-,18+/m0/s1. The van der Waals surface area contributed by atoms with Crippen LogP contribution in [0.3, 0.4) is 0 Å². The Balaban J connectivity index is 1.73. The minimum atomic E-state index is -0.115. The summed E-state index contributed by atoms with van der Waals surface area (Å²) in [6.07, 6.45) is 3.52. The van der Waals surface area contributed by atoms with Crippen molar-refractivity contribution < 1.29 is 9.59 Å². The van der Waals surface area contributed by atoms with Gasteiger partial charge in [-0.1, -0.05) is 64.8 Å². The molecule has 1 fully saturated rings. The highest BCUT2D eigenvalue weighted by atomic mass is 79.9. The van der Waals surface area contributed by atoms with Gasteiger partial charge in [0.2, 0.25) is 11.8 Å². The monoisotopic (exact) mass is 426 g/mol. The molecule has 4 rings (SSSR count). The summed E-state index contributed by atoms with van der Waals surface area (Å²) < 4.78 is 0. The topological polar surface area (TPSA) is 40.6 Å². The van der Waals surface area contributed by atoms with Crippen molar-refractivity contribution in [2.75, 3.05) is 21.7 Å². The van der Waals surface area contributed by atoms with Gasteiger partial charge in [-0.3, -0.25) is 9.59 Å². The zero-order valence-corrected chi connectivity index (χ0v) is 16.8. The lowest BCUT2D eigenvalue weighted by Gasteiger charge is -2.30. The van der Waals surface area contributed by atoms with E-state index in [0.29, 0.717) is 6.54 Å². The second kappa shape index (κ2) is 7.85. The van der Waals surface area contributed by atoms with E-state index in [1.165, 1.54) is 5.56 Å². The number of hydrogen-bond acceptors (Lipinski definition) is 2. The Morgan fingerprint density at radius 3 is 2.44 bits per heavy atom. The minimum Gasteiger partial charge on any atom is -0.310 e. The molecule has 140 valence electrons. The highest BCUT2D eigenvalue weighted by molar-refractivity contribution is 9.09. The fourth-order valence-electron chi connectivity index (χ4n) is 4.43. The number of nitrogens with zero attached hydrogens (tertiary/aromatic N) is 2. The molecular formula is C22H23BrN2O2. The molecule has 1 saturated carbocycles. The highest BCUT2D eigenvalue weighted by Gasteiger charge is 2.45. The summed E-state index contributed by atoms with van der Waals surface area (Å²) in [5.74, 6) is 0.0685. The average molecular weight is 427 g/mol. The van der Waals surface area contributed by atoms with Gasteiger partial charge in [0.1, 0.15) is 0 Å². The van der Waals surface area contributed by atoms with Crippen LogP contribution in [0.25, 0.3) is 0 Å². The van der Waals surface area contributed by atoms with E-state index in [1.807, 2.05) is 52.3 Å². The third-order valence-electron chi connectivity index (χ3n) is 5.68. The van der Waals surface area contributed by atoms with Crippen molar-refractivity contribution in [2.24, 2.45) is 5.92 Å². The zero-order valence-electron chi connectivity index (χ0n) is 15.2. The Morgan fingerprint density at radius 1 is 1.00 bits per heavy atom. The molecule has 0 bridgehead atoms. The molecule has 0 radical (unpaired) electrons. The Bertz CT molecular complexity index is 839. The van der Waals surface area contributed by atoms with Gasteiger partial charge < -0.3 is 9.80 Å². The van der Waals surface area contributed by atoms with Crippen molar-refractivity contribution in [1.82, 2.24) is 0 Å². The quantitative estimate of drug-likeness (QED) is 0.688. The molecule has 2 atom stereocenters. The number of alkyl halides is 1. The first-order valence-corrected chi connectivity index (χ1v) is 10.6. The van der Waals surface area contributed by atoms with Crippen molar-refractivity contribution in [3.05, 3.63) is 60.2 Å². The number of anilines is 2. The molecule has 0 unspecified atom stereocenters. The molecule has 27 heavy (non-hydrogen) atoms. The molecular weight excluding hydrogens is 404 g/mol. The maximum absolute atomic E-state index is 13.4. The number of carbonyl (C=O) groups is 2. The molecule has 5 heteroatoms. The summed E-state index contributed by atoms with van der Waals surface area (Å²) in [7, 11) is 0. The molecule has 0 spiro atoms. The predicted molar refractivity (Wildman–Crippen MR) is 111 cm³/mol. The Hall–Kier alpha value is -2.14. The first-order valence-electron chi connectivity index (χ1n) is 9.53. The third-order valence-corrected chi connectivity index (χ3v) is 6.16. The van der Waals surface area contributed by atoms with Gasteiger partial charge in [0.15, 0.2) is 0 Å². The number of hydrogen-bond donors (Lipinski definition) is 0. The normalized spacial score (nSPS) is 21.6. The van der Waals surface area contributed by atoms with Crippen LogP contribution < -0.4 is 9.80 Å². The summed E-state index contributed by atoms with van der Waals surface area (Å²) in [5.41, 5.74) is 2.92. The smallest absolute Gasteiger partial charge is 0.237 e. The van der Waals surface area contributed by atoms with Crippen molar-refractivity contribution in [1.29, 1.82) is 0 Å². The van der Waals surface area contributed by atoms with Crippen LogP contribution in [0.2, 0.25) is 0 Å². The zero-order chi connectivity index (χ0) is 18.8. The van der Waals surface area contributed by atoms with Gasteiger partial charge in [0.25, 0.3) is 0 Å². The Morgan fingerprint density at radius 2 is 1.70 bits per heavy atom. The van der Waals surface area contributed by atoms with E-state index in [2.05, 4.69) is 28.1 Å². The third kappa shape index (κ3) is 3.41. The summed E-state index contributed by atoms with van der Waals surface area (Å²) >= 11 is 3.33. The van der Waals surface area contributed by atoms with E-state index in [4.69, 9.17) is 0 Å². The van der Waals surface area contributed by atoms with Crippen molar-refractivity contribution in [3.8, 4) is 0 Å². The first-order chi connectivity index (χ1) is 13.2. The van der Waals surface area contributed by atoms with Crippen LogP contribution in [0.4, 0.5) is 11.4 Å². The number of benzene rings is 2. The van der Waals surface area contributed by atoms with Gasteiger partial charge in [-0.15, -0.1) is 0 Å². The summed E-state index contributed by atoms with van der Waals surface area (Å²) in [4.78, 5) is 30.0. The predicted octanol–water partition coefficient (Wildman–Crippen LogP) is 4.17. The van der Waals surface area contributed by atoms with Crippen molar-refractivity contribution in [3.63, 3.8) is 0 Å². The van der Waals surface area contributed by atoms with Crippen LogP contribution in [0.1, 0.15) is 24.8 Å². The van der Waals surface area contributed by atoms with Gasteiger partial charge >= 0.3 is 0 Å². The Kier molecular flexibility index (Phi) is 5.30. The van der Waals surface area contributed by atoms with E-state index in [-0.39, 0.29) is 29.1 Å². The van der Waals surface area contributed by atoms with E-state index >= 15 is 0 Å². The van der Waals surface area contributed by atoms with E-state index in [1.54, 1.807) is 0 Å². The van der Waals surface area contributed by atoms with Gasteiger partial charge in [-0.25, -0.2) is 0 Å². The lowest BCUT2D eigenvalue weighted by atomic mass is 10.0. The minimum absolute atomic E-state index is 0.0251. The number of para-hydroxylation sites is 2. The summed E-state index contributed by atoms with van der Waals surface area (Å²) in [6.45, 7) is 0.624. The fraction of sp³-hybridized carbons (Fsp3) is 0.364. The van der Waals surface area contributed by atoms with Crippen LogP contribution >= 0.6 is 15.9 Å². The second-order valence-corrected chi connectivity index (χ2v) is 7.78. The highest BCUT2D eigenvalue weighted by Crippen LogP contribution is 2.42. The molecule has 0 aromatic heterocycles. The van der Waals surface area contributed by atoms with Crippen LogP contribution in [0.15, 0.2) is 54.6 Å². The number of amides is 2. The molecule has 2 aliphatic rings. The average Bonchev–Trinajstić information content (AvgIpc) is 3.16. The van der Waals surface area contributed by atoms with Gasteiger partial charge in [0.05, 0.1) is 22.6 Å². The van der Waals surface area contributed by atoms with Gasteiger partial charge in [-0.2, -0.15) is 0 Å². The largest absolute Gasteiger partial charge is 0.310 e. The van der Waals surface area contributed by atoms with E-state index in [0.717, 1.165) is 37.1 Å². The molecule has 1 aliphatic carbocycles. The van der Waals surface area contributed by atoms with E-state index in [9.17, 15) is 9.59 Å². The number of fused-ring (bicyclic) bond motifs is 2. The number of carbonyl (C=O) groups excluding carboxylic acids is 2. The molecule has 2 aromatic carbocycles. The SMILES string of the molecule is O=C1[C@H]2CCC[C@H]2N(C(=O)CBr)c2ccccc2N1CCc1ccccc1. The first kappa shape index (κ1) is 18.2. The fourth-order valence-corrected chi connectivity index (χ4v) is 4.70. The second-order valence-electron chi connectivity index (χ2n) is 7.22. The molecule has 2 amide bonds. The lowest BCUT2D eigenvalue weighted by Crippen LogP contribution is -2.45. The summed E-state index contributed by atoms with van der Waals surface area (Å²) in [5, 5.41) is 0.267. The molecule has 1 heterocycles. The molecule has 0 N–H and O–H groups in total. The van der Waals surface area contributed by atoms with Crippen molar-refractivity contribution >= 4 is 39.1 Å². The number of rotatable bonds is 4. The van der Waals surface area contributed by atoms with Crippen LogP contribution in [-0.4, -0.2) is 29.7 Å². The van der Waals surface area contributed by atoms with Crippen LogP contribution in [-0.2, 0) is 16.0 Å². The lowest BCUT2D eigenvalue weighted by molar-refractivity contribution is -0.122. The summed E-state index contributed by atoms with van der Waals surface area (Å²) in [6, 6.07) is 18.0. The van der Waals surface area contributed by atoms with Crippen molar-refractivity contribution in [2.45, 2.75) is 31.7 Å². The maximum Gasteiger partial charge on any atom is 0.237 e.